The van der Waals surface area contributed by atoms with Crippen molar-refractivity contribution in [2.45, 2.75) is 0 Å². The van der Waals surface area contributed by atoms with E-state index < -0.39 is 16.7 Å². The van der Waals surface area contributed by atoms with Crippen molar-refractivity contribution < 1.29 is 19.2 Å². The molecule has 186 valence electrons. The Labute approximate surface area is 222 Å². The van der Waals surface area contributed by atoms with Crippen LogP contribution in [0.15, 0.2) is 109 Å². The Hall–Kier alpha value is -5.15. The fourth-order valence-electron chi connectivity index (χ4n) is 4.06. The summed E-state index contributed by atoms with van der Waals surface area (Å²) in [5.74, 6) is -0.0429. The summed E-state index contributed by atoms with van der Waals surface area (Å²) < 4.78 is 5.81. The molecule has 9 heteroatoms. The number of carbonyl (C=O) groups is 2. The van der Waals surface area contributed by atoms with Crippen LogP contribution < -0.4 is 15.0 Å². The van der Waals surface area contributed by atoms with Crippen molar-refractivity contribution in [1.29, 1.82) is 0 Å². The molecule has 5 rings (SSSR count). The Balaban J connectivity index is 1.48. The predicted molar refractivity (Wildman–Crippen MR) is 148 cm³/mol. The highest BCUT2D eigenvalue weighted by atomic mass is 32.1. The van der Waals surface area contributed by atoms with Gasteiger partial charge in [0, 0.05) is 6.07 Å². The highest BCUT2D eigenvalue weighted by molar-refractivity contribution is 7.80. The Kier molecular flexibility index (Phi) is 6.75. The molecule has 1 aliphatic rings. The third-order valence-electron chi connectivity index (χ3n) is 5.83. The molecule has 2 amide bonds. The molecule has 38 heavy (non-hydrogen) atoms. The normalized spacial score (nSPS) is 14.4. The summed E-state index contributed by atoms with van der Waals surface area (Å²) in [5, 5.41) is 14.1. The highest BCUT2D eigenvalue weighted by Crippen LogP contribution is 2.34. The molecule has 1 fully saturated rings. The Morgan fingerprint density at radius 2 is 1.39 bits per heavy atom. The lowest BCUT2D eigenvalue weighted by Gasteiger charge is -2.29. The number of nitrogens with one attached hydrogen (secondary N) is 1. The molecule has 1 aliphatic heterocycles. The average molecular weight is 522 g/mol. The Bertz CT molecular complexity index is 1600. The number of hydrogen-bond donors (Lipinski definition) is 1. The second kappa shape index (κ2) is 10.5. The largest absolute Gasteiger partial charge is 0.457 e. The van der Waals surface area contributed by atoms with Gasteiger partial charge in [-0.05, 0) is 71.9 Å². The summed E-state index contributed by atoms with van der Waals surface area (Å²) in [6.07, 6.45) is 1.42. The van der Waals surface area contributed by atoms with Crippen LogP contribution in [0.5, 0.6) is 11.5 Å². The first-order chi connectivity index (χ1) is 18.4. The minimum atomic E-state index is -0.655. The molecule has 1 saturated heterocycles. The summed E-state index contributed by atoms with van der Waals surface area (Å²) in [4.78, 5) is 38.7. The maximum absolute atomic E-state index is 13.5. The molecule has 0 radical (unpaired) electrons. The minimum absolute atomic E-state index is 0.0548. The number of para-hydroxylation sites is 2. The number of hydrogen-bond acceptors (Lipinski definition) is 6. The van der Waals surface area contributed by atoms with Gasteiger partial charge in [-0.1, -0.05) is 54.6 Å². The van der Waals surface area contributed by atoms with Gasteiger partial charge in [0.1, 0.15) is 17.1 Å². The molecule has 0 spiro atoms. The number of ether oxygens (including phenoxy) is 1. The van der Waals surface area contributed by atoms with E-state index in [1.807, 2.05) is 30.3 Å². The third-order valence-corrected chi connectivity index (χ3v) is 6.11. The number of nitro benzene ring substituents is 1. The van der Waals surface area contributed by atoms with Crippen molar-refractivity contribution in [3.63, 3.8) is 0 Å². The summed E-state index contributed by atoms with van der Waals surface area (Å²) in [6, 6.07) is 29.1. The van der Waals surface area contributed by atoms with Crippen molar-refractivity contribution in [1.82, 2.24) is 5.32 Å². The van der Waals surface area contributed by atoms with Crippen molar-refractivity contribution >= 4 is 46.6 Å². The summed E-state index contributed by atoms with van der Waals surface area (Å²) in [6.45, 7) is 0. The number of amides is 2. The van der Waals surface area contributed by atoms with Gasteiger partial charge >= 0.3 is 0 Å². The van der Waals surface area contributed by atoms with Gasteiger partial charge in [-0.15, -0.1) is 0 Å². The molecule has 0 aliphatic carbocycles. The van der Waals surface area contributed by atoms with E-state index in [0.717, 1.165) is 0 Å². The van der Waals surface area contributed by atoms with Gasteiger partial charge in [0.15, 0.2) is 5.11 Å². The fourth-order valence-corrected chi connectivity index (χ4v) is 4.35. The quantitative estimate of drug-likeness (QED) is 0.112. The first-order valence-corrected chi connectivity index (χ1v) is 11.9. The van der Waals surface area contributed by atoms with E-state index in [-0.39, 0.29) is 16.4 Å². The van der Waals surface area contributed by atoms with Crippen molar-refractivity contribution in [2.75, 3.05) is 4.90 Å². The van der Waals surface area contributed by atoms with Crippen molar-refractivity contribution in [2.24, 2.45) is 0 Å². The molecular formula is C29H19N3O5S. The number of nitro groups is 1. The molecule has 0 unspecified atom stereocenters. The topological polar surface area (TPSA) is 102 Å². The van der Waals surface area contributed by atoms with Crippen molar-refractivity contribution in [3.8, 4) is 22.6 Å². The average Bonchev–Trinajstić information content (AvgIpc) is 2.92. The minimum Gasteiger partial charge on any atom is -0.457 e. The van der Waals surface area contributed by atoms with Crippen molar-refractivity contribution in [3.05, 3.63) is 124 Å². The van der Waals surface area contributed by atoms with Crippen LogP contribution in [0.3, 0.4) is 0 Å². The van der Waals surface area contributed by atoms with Gasteiger partial charge in [-0.3, -0.25) is 29.9 Å². The smallest absolute Gasteiger partial charge is 0.277 e. The Morgan fingerprint density at radius 3 is 2.11 bits per heavy atom. The fraction of sp³-hybridized carbons (Fsp3) is 0. The van der Waals surface area contributed by atoms with Crippen LogP contribution in [0.25, 0.3) is 17.2 Å². The van der Waals surface area contributed by atoms with Crippen LogP contribution in [-0.4, -0.2) is 21.9 Å². The molecule has 4 aromatic carbocycles. The number of anilines is 1. The molecule has 0 aromatic heterocycles. The number of nitrogens with zero attached hydrogens (tertiary/aromatic N) is 2. The Morgan fingerprint density at radius 1 is 0.789 bits per heavy atom. The van der Waals surface area contributed by atoms with E-state index in [1.165, 1.54) is 17.0 Å². The zero-order chi connectivity index (χ0) is 26.6. The summed E-state index contributed by atoms with van der Waals surface area (Å²) >= 11 is 5.31. The second-order valence-electron chi connectivity index (χ2n) is 8.23. The van der Waals surface area contributed by atoms with Gasteiger partial charge in [0.25, 0.3) is 17.5 Å². The molecule has 8 nitrogen and oxygen atoms in total. The van der Waals surface area contributed by atoms with Crippen LogP contribution in [0.2, 0.25) is 0 Å². The summed E-state index contributed by atoms with van der Waals surface area (Å²) in [7, 11) is 0. The van der Waals surface area contributed by atoms with Gasteiger partial charge in [0.05, 0.1) is 16.2 Å². The zero-order valence-electron chi connectivity index (χ0n) is 19.7. The number of rotatable bonds is 6. The maximum atomic E-state index is 13.5. The molecule has 1 N–H and O–H groups in total. The van der Waals surface area contributed by atoms with Crippen LogP contribution >= 0.6 is 12.2 Å². The number of benzene rings is 4. The second-order valence-corrected chi connectivity index (χ2v) is 8.62. The van der Waals surface area contributed by atoms with Gasteiger partial charge in [-0.2, -0.15) is 0 Å². The first kappa shape index (κ1) is 24.5. The highest BCUT2D eigenvalue weighted by Gasteiger charge is 2.34. The predicted octanol–water partition coefficient (Wildman–Crippen LogP) is 5.89. The zero-order valence-corrected chi connectivity index (χ0v) is 20.6. The van der Waals surface area contributed by atoms with Gasteiger partial charge in [0.2, 0.25) is 0 Å². The first-order valence-electron chi connectivity index (χ1n) is 11.5. The lowest BCUT2D eigenvalue weighted by Crippen LogP contribution is -2.54. The van der Waals surface area contributed by atoms with E-state index in [1.54, 1.807) is 66.7 Å². The molecule has 4 aromatic rings. The monoisotopic (exact) mass is 521 g/mol. The standard InChI is InChI=1S/C29H19N3O5S/c33-27-25(18-19-8-4-5-11-23(19)24-12-6-7-13-26(24)32(35)36)28(34)31(29(38)30-27)20-14-16-22(17-15-20)37-21-9-2-1-3-10-21/h1-18H,(H,30,33,38). The van der Waals surface area contributed by atoms with E-state index in [9.17, 15) is 19.7 Å². The third kappa shape index (κ3) is 4.91. The van der Waals surface area contributed by atoms with Crippen LogP contribution in [0.1, 0.15) is 5.56 Å². The van der Waals surface area contributed by atoms with E-state index >= 15 is 0 Å². The molecule has 0 atom stereocenters. The van der Waals surface area contributed by atoms with E-state index in [0.29, 0.717) is 33.9 Å². The molecule has 1 heterocycles. The van der Waals surface area contributed by atoms with E-state index in [4.69, 9.17) is 17.0 Å². The summed E-state index contributed by atoms with van der Waals surface area (Å²) in [5.41, 5.74) is 1.55. The van der Waals surface area contributed by atoms with Gasteiger partial charge < -0.3 is 4.74 Å². The number of thiocarbonyl (C=S) groups is 1. The maximum Gasteiger partial charge on any atom is 0.277 e. The molecule has 0 saturated carbocycles. The lowest BCUT2D eigenvalue weighted by molar-refractivity contribution is -0.384. The van der Waals surface area contributed by atoms with Crippen LogP contribution in [0, 0.1) is 10.1 Å². The van der Waals surface area contributed by atoms with Gasteiger partial charge in [-0.25, -0.2) is 0 Å². The SMILES string of the molecule is O=C1NC(=S)N(c2ccc(Oc3ccccc3)cc2)C(=O)C1=Cc1ccccc1-c1ccccc1[N+](=O)[O-]. The number of carbonyl (C=O) groups excluding carboxylic acids is 2. The van der Waals surface area contributed by atoms with E-state index in [2.05, 4.69) is 5.32 Å². The lowest BCUT2D eigenvalue weighted by atomic mass is 9.96. The molecular weight excluding hydrogens is 502 g/mol. The van der Waals surface area contributed by atoms with Crippen LogP contribution in [0.4, 0.5) is 11.4 Å². The molecule has 0 bridgehead atoms. The van der Waals surface area contributed by atoms with Crippen LogP contribution in [-0.2, 0) is 9.59 Å².